The van der Waals surface area contributed by atoms with Crippen molar-refractivity contribution in [2.24, 2.45) is 0 Å². The lowest BCUT2D eigenvalue weighted by Gasteiger charge is -2.31. The SMILES string of the molecule is COc1cc2c(cc1OC)C(C)C(=O)N(C1CCCCNC1)CC2. The molecular weight excluding hydrogens is 304 g/mol. The van der Waals surface area contributed by atoms with Crippen molar-refractivity contribution in [2.45, 2.75) is 44.6 Å². The van der Waals surface area contributed by atoms with E-state index in [1.807, 2.05) is 19.1 Å². The highest BCUT2D eigenvalue weighted by Crippen LogP contribution is 2.36. The maximum absolute atomic E-state index is 13.1. The summed E-state index contributed by atoms with van der Waals surface area (Å²) in [4.78, 5) is 15.2. The molecule has 2 atom stereocenters. The van der Waals surface area contributed by atoms with Crippen LogP contribution < -0.4 is 14.8 Å². The van der Waals surface area contributed by atoms with E-state index in [0.29, 0.717) is 11.8 Å². The lowest BCUT2D eigenvalue weighted by molar-refractivity contribution is -0.134. The van der Waals surface area contributed by atoms with Crippen molar-refractivity contribution in [3.8, 4) is 11.5 Å². The quantitative estimate of drug-likeness (QED) is 0.923. The standard InChI is InChI=1S/C19H28N2O3/c1-13-16-11-18(24-3)17(23-2)10-14(16)7-9-21(19(13)22)15-6-4-5-8-20-12-15/h10-11,13,15,20H,4-9,12H2,1-3H3. The molecule has 0 aliphatic carbocycles. The summed E-state index contributed by atoms with van der Waals surface area (Å²) < 4.78 is 10.9. The van der Waals surface area contributed by atoms with Crippen molar-refractivity contribution in [1.82, 2.24) is 10.2 Å². The molecule has 1 fully saturated rings. The molecule has 0 aromatic heterocycles. The van der Waals surface area contributed by atoms with Gasteiger partial charge in [-0.3, -0.25) is 4.79 Å². The predicted molar refractivity (Wildman–Crippen MR) is 93.9 cm³/mol. The van der Waals surface area contributed by atoms with Crippen molar-refractivity contribution < 1.29 is 14.3 Å². The van der Waals surface area contributed by atoms with Crippen LogP contribution in [0.15, 0.2) is 12.1 Å². The Hall–Kier alpha value is -1.75. The Balaban J connectivity index is 1.90. The van der Waals surface area contributed by atoms with Gasteiger partial charge in [0.15, 0.2) is 11.5 Å². The molecule has 2 aliphatic rings. The van der Waals surface area contributed by atoms with Crippen molar-refractivity contribution in [1.29, 1.82) is 0 Å². The topological polar surface area (TPSA) is 50.8 Å². The van der Waals surface area contributed by atoms with Gasteiger partial charge in [-0.25, -0.2) is 0 Å². The smallest absolute Gasteiger partial charge is 0.230 e. The number of hydrogen-bond donors (Lipinski definition) is 1. The van der Waals surface area contributed by atoms with E-state index in [-0.39, 0.29) is 11.8 Å². The molecule has 1 aromatic rings. The van der Waals surface area contributed by atoms with Gasteiger partial charge in [0.1, 0.15) is 0 Å². The number of carbonyl (C=O) groups excluding carboxylic acids is 1. The van der Waals surface area contributed by atoms with Gasteiger partial charge in [-0.2, -0.15) is 0 Å². The highest BCUT2D eigenvalue weighted by Gasteiger charge is 2.33. The van der Waals surface area contributed by atoms with E-state index in [4.69, 9.17) is 9.47 Å². The van der Waals surface area contributed by atoms with Crippen LogP contribution in [0.25, 0.3) is 0 Å². The molecule has 0 bridgehead atoms. The summed E-state index contributed by atoms with van der Waals surface area (Å²) in [5.41, 5.74) is 2.26. The van der Waals surface area contributed by atoms with Crippen LogP contribution in [0.2, 0.25) is 0 Å². The van der Waals surface area contributed by atoms with Crippen LogP contribution in [-0.2, 0) is 11.2 Å². The second-order valence-corrected chi connectivity index (χ2v) is 6.76. The lowest BCUT2D eigenvalue weighted by Crippen LogP contribution is -2.46. The van der Waals surface area contributed by atoms with Gasteiger partial charge in [0, 0.05) is 19.1 Å². The number of carbonyl (C=O) groups is 1. The number of nitrogens with zero attached hydrogens (tertiary/aromatic N) is 1. The highest BCUT2D eigenvalue weighted by atomic mass is 16.5. The molecule has 1 aromatic carbocycles. The van der Waals surface area contributed by atoms with E-state index < -0.39 is 0 Å². The summed E-state index contributed by atoms with van der Waals surface area (Å²) in [6.45, 7) is 4.75. The van der Waals surface area contributed by atoms with E-state index in [1.54, 1.807) is 14.2 Å². The Morgan fingerprint density at radius 3 is 2.67 bits per heavy atom. The molecule has 0 saturated carbocycles. The molecule has 2 aliphatic heterocycles. The number of amides is 1. The van der Waals surface area contributed by atoms with Crippen LogP contribution in [0.5, 0.6) is 11.5 Å². The number of methoxy groups -OCH3 is 2. The monoisotopic (exact) mass is 332 g/mol. The molecule has 1 saturated heterocycles. The lowest BCUT2D eigenvalue weighted by atomic mass is 9.94. The Labute approximate surface area is 144 Å². The van der Waals surface area contributed by atoms with Gasteiger partial charge in [0.25, 0.3) is 0 Å². The van der Waals surface area contributed by atoms with Gasteiger partial charge < -0.3 is 19.7 Å². The van der Waals surface area contributed by atoms with Gasteiger partial charge in [-0.05, 0) is 56.0 Å². The molecule has 132 valence electrons. The van der Waals surface area contributed by atoms with Crippen LogP contribution in [0.3, 0.4) is 0 Å². The molecule has 0 radical (unpaired) electrons. The third-order valence-electron chi connectivity index (χ3n) is 5.35. The summed E-state index contributed by atoms with van der Waals surface area (Å²) in [7, 11) is 3.29. The molecule has 5 heteroatoms. The predicted octanol–water partition coefficient (Wildman–Crippen LogP) is 2.33. The zero-order chi connectivity index (χ0) is 17.1. The number of benzene rings is 1. The first-order valence-electron chi connectivity index (χ1n) is 8.91. The number of fused-ring (bicyclic) bond motifs is 1. The zero-order valence-electron chi connectivity index (χ0n) is 14.9. The average Bonchev–Trinajstić information content (AvgIpc) is 2.94. The summed E-state index contributed by atoms with van der Waals surface area (Å²) >= 11 is 0. The van der Waals surface area contributed by atoms with Crippen LogP contribution in [0.4, 0.5) is 0 Å². The van der Waals surface area contributed by atoms with Crippen LogP contribution in [0.1, 0.15) is 43.2 Å². The van der Waals surface area contributed by atoms with E-state index >= 15 is 0 Å². The minimum atomic E-state index is -0.148. The number of hydrogen-bond acceptors (Lipinski definition) is 4. The first kappa shape index (κ1) is 17.1. The second kappa shape index (κ2) is 7.43. The first-order valence-corrected chi connectivity index (χ1v) is 8.91. The Bertz CT molecular complexity index is 595. The van der Waals surface area contributed by atoms with Gasteiger partial charge in [0.2, 0.25) is 5.91 Å². The largest absolute Gasteiger partial charge is 0.493 e. The molecule has 2 unspecified atom stereocenters. The van der Waals surface area contributed by atoms with Crippen LogP contribution in [0, 0.1) is 0 Å². The number of rotatable bonds is 3. The second-order valence-electron chi connectivity index (χ2n) is 6.76. The van der Waals surface area contributed by atoms with E-state index in [9.17, 15) is 4.79 Å². The Morgan fingerprint density at radius 1 is 1.17 bits per heavy atom. The molecule has 3 rings (SSSR count). The van der Waals surface area contributed by atoms with Crippen molar-refractivity contribution >= 4 is 5.91 Å². The van der Waals surface area contributed by atoms with Gasteiger partial charge in [-0.1, -0.05) is 6.42 Å². The Morgan fingerprint density at radius 2 is 1.92 bits per heavy atom. The van der Waals surface area contributed by atoms with E-state index in [2.05, 4.69) is 10.2 Å². The minimum Gasteiger partial charge on any atom is -0.493 e. The number of nitrogens with one attached hydrogen (secondary N) is 1. The van der Waals surface area contributed by atoms with Crippen molar-refractivity contribution in [2.75, 3.05) is 33.9 Å². The summed E-state index contributed by atoms with van der Waals surface area (Å²) in [6, 6.07) is 4.32. The summed E-state index contributed by atoms with van der Waals surface area (Å²) in [6.07, 6.45) is 4.34. The molecule has 1 N–H and O–H groups in total. The average molecular weight is 332 g/mol. The fraction of sp³-hybridized carbons (Fsp3) is 0.632. The zero-order valence-corrected chi connectivity index (χ0v) is 14.9. The maximum Gasteiger partial charge on any atom is 0.230 e. The minimum absolute atomic E-state index is 0.148. The molecular formula is C19H28N2O3. The summed E-state index contributed by atoms with van der Waals surface area (Å²) in [5, 5.41) is 3.47. The van der Waals surface area contributed by atoms with Crippen molar-refractivity contribution in [3.05, 3.63) is 23.3 Å². The first-order chi connectivity index (χ1) is 11.7. The van der Waals surface area contributed by atoms with Crippen molar-refractivity contribution in [3.63, 3.8) is 0 Å². The third kappa shape index (κ3) is 3.22. The Kier molecular flexibility index (Phi) is 5.29. The van der Waals surface area contributed by atoms with Crippen LogP contribution in [-0.4, -0.2) is 50.7 Å². The van der Waals surface area contributed by atoms with Gasteiger partial charge >= 0.3 is 0 Å². The highest BCUT2D eigenvalue weighted by molar-refractivity contribution is 5.85. The van der Waals surface area contributed by atoms with E-state index in [1.165, 1.54) is 18.4 Å². The maximum atomic E-state index is 13.1. The van der Waals surface area contributed by atoms with Gasteiger partial charge in [-0.15, -0.1) is 0 Å². The normalized spacial score (nSPS) is 24.8. The molecule has 5 nitrogen and oxygen atoms in total. The van der Waals surface area contributed by atoms with Crippen LogP contribution >= 0.6 is 0 Å². The third-order valence-corrected chi connectivity index (χ3v) is 5.35. The molecule has 1 amide bonds. The van der Waals surface area contributed by atoms with Gasteiger partial charge in [0.05, 0.1) is 20.1 Å². The van der Waals surface area contributed by atoms with E-state index in [0.717, 1.165) is 43.8 Å². The fourth-order valence-corrected chi connectivity index (χ4v) is 3.92. The molecule has 24 heavy (non-hydrogen) atoms. The molecule has 2 heterocycles. The molecule has 0 spiro atoms. The summed E-state index contributed by atoms with van der Waals surface area (Å²) in [5.74, 6) is 1.51. The number of ether oxygens (including phenoxy) is 2. The fourth-order valence-electron chi connectivity index (χ4n) is 3.92.